The van der Waals surface area contributed by atoms with E-state index in [2.05, 4.69) is 18.3 Å². The zero-order valence-corrected chi connectivity index (χ0v) is 12.8. The van der Waals surface area contributed by atoms with Crippen LogP contribution in [0.1, 0.15) is 25.8 Å². The van der Waals surface area contributed by atoms with Gasteiger partial charge in [-0.1, -0.05) is 20.4 Å². The highest BCUT2D eigenvalue weighted by Gasteiger charge is 2.38. The van der Waals surface area contributed by atoms with Gasteiger partial charge in [-0.2, -0.15) is 0 Å². The van der Waals surface area contributed by atoms with Crippen LogP contribution in [-0.4, -0.2) is 32.8 Å². The second-order valence-electron chi connectivity index (χ2n) is 4.51. The lowest BCUT2D eigenvalue weighted by Gasteiger charge is -2.20. The number of methoxy groups -OCH3 is 1. The largest absolute Gasteiger partial charge is 0.497 e. The zero-order chi connectivity index (χ0) is 16.0. The highest BCUT2D eigenvalue weighted by Crippen LogP contribution is 2.35. The van der Waals surface area contributed by atoms with Crippen LogP contribution < -0.4 is 4.90 Å². The Hall–Kier alpha value is -1.91. The Kier molecular flexibility index (Phi) is 5.88. The molecule has 0 bridgehead atoms. The van der Waals surface area contributed by atoms with E-state index >= 15 is 0 Å². The fourth-order valence-electron chi connectivity index (χ4n) is 2.15. The summed E-state index contributed by atoms with van der Waals surface area (Å²) in [5, 5.41) is 0. The molecule has 0 atom stereocenters. The summed E-state index contributed by atoms with van der Waals surface area (Å²) in [6.45, 7) is 11.3. The van der Waals surface area contributed by atoms with E-state index in [0.717, 1.165) is 5.69 Å². The maximum Gasteiger partial charge on any atom is 0.266 e. The molecule has 1 aromatic carbocycles. The first-order chi connectivity index (χ1) is 9.96. The molecule has 0 radical (unpaired) electrons. The van der Waals surface area contributed by atoms with Gasteiger partial charge in [0.1, 0.15) is 5.76 Å². The van der Waals surface area contributed by atoms with Crippen molar-refractivity contribution in [2.45, 2.75) is 26.2 Å². The number of hydrogen-bond acceptors (Lipinski definition) is 3. The van der Waals surface area contributed by atoms with E-state index in [4.69, 9.17) is 4.74 Å². The second kappa shape index (κ2) is 7.20. The van der Waals surface area contributed by atoms with Crippen LogP contribution >= 0.6 is 0 Å². The van der Waals surface area contributed by atoms with Gasteiger partial charge in [-0.3, -0.25) is 4.99 Å². The van der Waals surface area contributed by atoms with E-state index in [1.165, 1.54) is 7.11 Å². The number of hydrogen-bond donors (Lipinski definition) is 0. The summed E-state index contributed by atoms with van der Waals surface area (Å²) in [5.74, 6) is -2.18. The van der Waals surface area contributed by atoms with E-state index in [1.807, 2.05) is 13.8 Å². The molecule has 1 aromatic rings. The van der Waals surface area contributed by atoms with Crippen molar-refractivity contribution in [3.8, 4) is 0 Å². The van der Waals surface area contributed by atoms with Gasteiger partial charge >= 0.3 is 0 Å². The van der Waals surface area contributed by atoms with Crippen molar-refractivity contribution in [3.63, 3.8) is 0 Å². The quantitative estimate of drug-likeness (QED) is 0.603. The third kappa shape index (κ3) is 4.03. The number of anilines is 1. The van der Waals surface area contributed by atoms with E-state index in [-0.39, 0.29) is 13.0 Å². The molecule has 0 N–H and O–H groups in total. The number of nitrogens with zero attached hydrogens (tertiary/aromatic N) is 2. The fraction of sp³-hybridized carbons (Fsp3) is 0.438. The minimum absolute atomic E-state index is 0.116. The van der Waals surface area contributed by atoms with Crippen molar-refractivity contribution in [3.05, 3.63) is 30.3 Å². The lowest BCUT2D eigenvalue weighted by molar-refractivity contribution is 0.0257. The van der Waals surface area contributed by atoms with Gasteiger partial charge in [0, 0.05) is 24.2 Å². The van der Waals surface area contributed by atoms with E-state index in [9.17, 15) is 8.78 Å². The number of rotatable bonds is 4. The molecule has 2 rings (SSSR count). The molecule has 3 nitrogen and oxygen atoms in total. The summed E-state index contributed by atoms with van der Waals surface area (Å²) in [6.07, 6.45) is -0.116. The van der Waals surface area contributed by atoms with Gasteiger partial charge in [0.15, 0.2) is 0 Å². The first-order valence-electron chi connectivity index (χ1n) is 6.93. The molecule has 1 aliphatic rings. The summed E-state index contributed by atoms with van der Waals surface area (Å²) in [6, 6.07) is 5.26. The van der Waals surface area contributed by atoms with Crippen LogP contribution in [0.3, 0.4) is 0 Å². The maximum atomic E-state index is 13.2. The smallest absolute Gasteiger partial charge is 0.266 e. The van der Waals surface area contributed by atoms with Crippen LogP contribution in [0.2, 0.25) is 0 Å². The van der Waals surface area contributed by atoms with Gasteiger partial charge in [0.05, 0.1) is 19.3 Å². The van der Waals surface area contributed by atoms with Gasteiger partial charge in [-0.05, 0) is 24.9 Å². The molecular weight excluding hydrogens is 274 g/mol. The molecule has 1 saturated heterocycles. The van der Waals surface area contributed by atoms with Crippen molar-refractivity contribution >= 4 is 23.9 Å². The zero-order valence-electron chi connectivity index (χ0n) is 12.8. The van der Waals surface area contributed by atoms with Crippen LogP contribution in [0.5, 0.6) is 0 Å². The molecule has 0 unspecified atom stereocenters. The lowest BCUT2D eigenvalue weighted by Crippen LogP contribution is -2.24. The van der Waals surface area contributed by atoms with Crippen molar-refractivity contribution in [2.24, 2.45) is 4.99 Å². The molecule has 1 fully saturated rings. The van der Waals surface area contributed by atoms with Gasteiger partial charge in [0.2, 0.25) is 0 Å². The molecular formula is C16H22F2N2O. The SMILES string of the molecule is C=Nc1ccc(N2CCC(F)(F)C2)cc1C(=C)OC.CC. The van der Waals surface area contributed by atoms with Crippen LogP contribution in [0.25, 0.3) is 5.76 Å². The van der Waals surface area contributed by atoms with Crippen molar-refractivity contribution in [1.82, 2.24) is 0 Å². The van der Waals surface area contributed by atoms with Crippen LogP contribution in [-0.2, 0) is 4.74 Å². The molecule has 0 spiro atoms. The topological polar surface area (TPSA) is 24.8 Å². The monoisotopic (exact) mass is 296 g/mol. The van der Waals surface area contributed by atoms with Crippen LogP contribution in [0, 0.1) is 0 Å². The van der Waals surface area contributed by atoms with Crippen LogP contribution in [0.15, 0.2) is 29.8 Å². The number of ether oxygens (including phenoxy) is 1. The summed E-state index contributed by atoms with van der Waals surface area (Å²) < 4.78 is 31.6. The Bertz CT molecular complexity index is 515. The Balaban J connectivity index is 0.00000106. The molecule has 0 amide bonds. The van der Waals surface area contributed by atoms with E-state index in [0.29, 0.717) is 23.6 Å². The predicted octanol–water partition coefficient (Wildman–Crippen LogP) is 4.51. The molecule has 5 heteroatoms. The van der Waals surface area contributed by atoms with E-state index < -0.39 is 5.92 Å². The molecule has 21 heavy (non-hydrogen) atoms. The van der Waals surface area contributed by atoms with Crippen molar-refractivity contribution in [2.75, 3.05) is 25.1 Å². The molecule has 0 aliphatic carbocycles. The minimum Gasteiger partial charge on any atom is -0.497 e. The maximum absolute atomic E-state index is 13.2. The molecule has 1 heterocycles. The number of aliphatic imine (C=N–C) groups is 1. The first kappa shape index (κ1) is 17.1. The number of halogens is 2. The van der Waals surface area contributed by atoms with Crippen molar-refractivity contribution < 1.29 is 13.5 Å². The third-order valence-electron chi connectivity index (χ3n) is 3.23. The fourth-order valence-corrected chi connectivity index (χ4v) is 2.15. The first-order valence-corrected chi connectivity index (χ1v) is 6.93. The van der Waals surface area contributed by atoms with E-state index in [1.54, 1.807) is 23.1 Å². The molecule has 1 aliphatic heterocycles. The number of benzene rings is 1. The second-order valence-corrected chi connectivity index (χ2v) is 4.51. The van der Waals surface area contributed by atoms with Gasteiger partial charge in [-0.25, -0.2) is 8.78 Å². The van der Waals surface area contributed by atoms with Gasteiger partial charge in [0.25, 0.3) is 5.92 Å². The Labute approximate surface area is 124 Å². The highest BCUT2D eigenvalue weighted by molar-refractivity contribution is 5.74. The molecule has 0 aromatic heterocycles. The average molecular weight is 296 g/mol. The lowest BCUT2D eigenvalue weighted by atomic mass is 10.1. The summed E-state index contributed by atoms with van der Waals surface area (Å²) in [5.41, 5.74) is 2.02. The van der Waals surface area contributed by atoms with Gasteiger partial charge < -0.3 is 9.64 Å². The standard InChI is InChI=1S/C14H16F2N2O.C2H6/c1-10(19-3)12-8-11(4-5-13(12)17-2)18-7-6-14(15,16)9-18;1-2/h4-5,8H,1-2,6-7,9H2,3H3;1-2H3. The third-order valence-corrected chi connectivity index (χ3v) is 3.23. The van der Waals surface area contributed by atoms with Gasteiger partial charge in [-0.15, -0.1) is 0 Å². The highest BCUT2D eigenvalue weighted by atomic mass is 19.3. The summed E-state index contributed by atoms with van der Waals surface area (Å²) in [7, 11) is 1.51. The number of alkyl halides is 2. The molecule has 0 saturated carbocycles. The minimum atomic E-state index is -2.62. The Morgan fingerprint density at radius 1 is 1.38 bits per heavy atom. The summed E-state index contributed by atoms with van der Waals surface area (Å²) in [4.78, 5) is 5.53. The average Bonchev–Trinajstić information content (AvgIpc) is 2.88. The van der Waals surface area contributed by atoms with Crippen molar-refractivity contribution in [1.29, 1.82) is 0 Å². The van der Waals surface area contributed by atoms with Crippen LogP contribution in [0.4, 0.5) is 20.2 Å². The Morgan fingerprint density at radius 3 is 2.52 bits per heavy atom. The Morgan fingerprint density at radius 2 is 2.05 bits per heavy atom. The normalized spacial score (nSPS) is 16.0. The molecule has 116 valence electrons. The predicted molar refractivity (Wildman–Crippen MR) is 84.8 cm³/mol. The summed E-state index contributed by atoms with van der Waals surface area (Å²) >= 11 is 0.